The summed E-state index contributed by atoms with van der Waals surface area (Å²) >= 11 is 0. The molecule has 0 aromatic carbocycles. The maximum atomic E-state index is 4.34. The Bertz CT molecular complexity index is 241. The van der Waals surface area contributed by atoms with Gasteiger partial charge >= 0.3 is 0 Å². The Hall–Kier alpha value is -0.790. The molecule has 0 atom stereocenters. The third-order valence-electron chi connectivity index (χ3n) is 3.06. The maximum Gasteiger partial charge on any atom is 0.0625 e. The zero-order valence-corrected chi connectivity index (χ0v) is 8.89. The zero-order valence-electron chi connectivity index (χ0n) is 8.89. The summed E-state index contributed by atoms with van der Waals surface area (Å²) in [7, 11) is 0. The SMILES string of the molecule is c1c2n[nH]c1CCCCCCCCC2. The molecule has 0 amide bonds. The molecular formula is C12H20N2. The van der Waals surface area contributed by atoms with Crippen LogP contribution in [-0.4, -0.2) is 10.2 Å². The van der Waals surface area contributed by atoms with Crippen molar-refractivity contribution in [1.82, 2.24) is 10.2 Å². The molecule has 1 aliphatic rings. The number of fused-ring (bicyclic) bond motifs is 2. The van der Waals surface area contributed by atoms with Crippen molar-refractivity contribution < 1.29 is 0 Å². The molecule has 78 valence electrons. The lowest BCUT2D eigenvalue weighted by molar-refractivity contribution is 0.576. The molecule has 2 rings (SSSR count). The number of H-pyrrole nitrogens is 1. The Balaban J connectivity index is 1.93. The van der Waals surface area contributed by atoms with E-state index in [0.717, 1.165) is 6.42 Å². The van der Waals surface area contributed by atoms with Gasteiger partial charge in [-0.2, -0.15) is 5.10 Å². The molecule has 2 bridgehead atoms. The van der Waals surface area contributed by atoms with Crippen LogP contribution in [0.1, 0.15) is 56.3 Å². The highest BCUT2D eigenvalue weighted by molar-refractivity contribution is 5.08. The second-order valence-corrected chi connectivity index (χ2v) is 4.36. The van der Waals surface area contributed by atoms with E-state index in [2.05, 4.69) is 16.3 Å². The maximum absolute atomic E-state index is 4.34. The summed E-state index contributed by atoms with van der Waals surface area (Å²) in [5.41, 5.74) is 2.60. The van der Waals surface area contributed by atoms with E-state index in [0.29, 0.717) is 0 Å². The Morgan fingerprint density at radius 3 is 2.29 bits per heavy atom. The lowest BCUT2D eigenvalue weighted by atomic mass is 10.0. The van der Waals surface area contributed by atoms with Crippen LogP contribution in [0.15, 0.2) is 6.07 Å². The van der Waals surface area contributed by atoms with E-state index in [1.54, 1.807) is 0 Å². The summed E-state index contributed by atoms with van der Waals surface area (Å²) in [4.78, 5) is 0. The third kappa shape index (κ3) is 2.86. The first-order valence-electron chi connectivity index (χ1n) is 5.98. The lowest BCUT2D eigenvalue weighted by Crippen LogP contribution is -1.88. The predicted molar refractivity (Wildman–Crippen MR) is 58.3 cm³/mol. The van der Waals surface area contributed by atoms with E-state index in [-0.39, 0.29) is 0 Å². The Kier molecular flexibility index (Phi) is 3.61. The quantitative estimate of drug-likeness (QED) is 0.671. The number of nitrogens with one attached hydrogen (secondary N) is 1. The van der Waals surface area contributed by atoms with Crippen LogP contribution in [0.25, 0.3) is 0 Å². The molecule has 14 heavy (non-hydrogen) atoms. The first-order valence-corrected chi connectivity index (χ1v) is 5.98. The first-order chi connectivity index (χ1) is 6.95. The summed E-state index contributed by atoms with van der Waals surface area (Å²) in [5.74, 6) is 0. The minimum Gasteiger partial charge on any atom is -0.282 e. The molecule has 1 aliphatic carbocycles. The van der Waals surface area contributed by atoms with Crippen molar-refractivity contribution in [2.45, 2.75) is 57.8 Å². The molecule has 1 N–H and O–H groups in total. The highest BCUT2D eigenvalue weighted by Crippen LogP contribution is 2.14. The summed E-state index contributed by atoms with van der Waals surface area (Å²) in [6, 6.07) is 2.25. The Morgan fingerprint density at radius 2 is 1.50 bits per heavy atom. The molecule has 0 saturated heterocycles. The second kappa shape index (κ2) is 5.18. The van der Waals surface area contributed by atoms with Crippen LogP contribution in [0.5, 0.6) is 0 Å². The van der Waals surface area contributed by atoms with E-state index < -0.39 is 0 Å². The van der Waals surface area contributed by atoms with E-state index in [1.807, 2.05) is 0 Å². The van der Waals surface area contributed by atoms with E-state index >= 15 is 0 Å². The van der Waals surface area contributed by atoms with Gasteiger partial charge in [0.15, 0.2) is 0 Å². The van der Waals surface area contributed by atoms with Crippen LogP contribution >= 0.6 is 0 Å². The van der Waals surface area contributed by atoms with E-state index in [4.69, 9.17) is 0 Å². The number of aromatic nitrogens is 2. The van der Waals surface area contributed by atoms with Gasteiger partial charge in [-0.3, -0.25) is 5.10 Å². The van der Waals surface area contributed by atoms with Gasteiger partial charge in [-0.1, -0.05) is 32.1 Å². The van der Waals surface area contributed by atoms with Crippen molar-refractivity contribution >= 4 is 0 Å². The summed E-state index contributed by atoms with van der Waals surface area (Å²) in [6.45, 7) is 0. The molecule has 1 aromatic heterocycles. The van der Waals surface area contributed by atoms with Crippen LogP contribution in [0, 0.1) is 0 Å². The molecule has 2 nitrogen and oxygen atoms in total. The Labute approximate surface area is 86.1 Å². The first kappa shape index (κ1) is 9.75. The average Bonchev–Trinajstić information content (AvgIpc) is 2.61. The number of rotatable bonds is 0. The monoisotopic (exact) mass is 192 g/mol. The summed E-state index contributed by atoms with van der Waals surface area (Å²) < 4.78 is 0. The third-order valence-corrected chi connectivity index (χ3v) is 3.06. The van der Waals surface area contributed by atoms with E-state index in [1.165, 1.54) is 62.8 Å². The van der Waals surface area contributed by atoms with Gasteiger partial charge in [-0.25, -0.2) is 0 Å². The molecule has 1 aromatic rings. The Morgan fingerprint density at radius 1 is 0.857 bits per heavy atom. The van der Waals surface area contributed by atoms with Gasteiger partial charge in [-0.15, -0.1) is 0 Å². The molecular weight excluding hydrogens is 172 g/mol. The molecule has 0 spiro atoms. The molecule has 0 radical (unpaired) electrons. The average molecular weight is 192 g/mol. The van der Waals surface area contributed by atoms with Crippen molar-refractivity contribution in [2.75, 3.05) is 0 Å². The van der Waals surface area contributed by atoms with Gasteiger partial charge in [0.05, 0.1) is 5.69 Å². The fourth-order valence-electron chi connectivity index (χ4n) is 2.17. The van der Waals surface area contributed by atoms with Crippen LogP contribution in [0.4, 0.5) is 0 Å². The number of hydrogen-bond acceptors (Lipinski definition) is 1. The van der Waals surface area contributed by atoms with Crippen molar-refractivity contribution in [3.8, 4) is 0 Å². The van der Waals surface area contributed by atoms with E-state index in [9.17, 15) is 0 Å². The molecule has 1 heterocycles. The highest BCUT2D eigenvalue weighted by atomic mass is 15.1. The molecule has 0 aliphatic heterocycles. The summed E-state index contributed by atoms with van der Waals surface area (Å²) in [5, 5.41) is 7.48. The van der Waals surface area contributed by atoms with Crippen molar-refractivity contribution in [3.63, 3.8) is 0 Å². The van der Waals surface area contributed by atoms with Gasteiger partial charge < -0.3 is 0 Å². The minimum atomic E-state index is 1.16. The molecule has 0 unspecified atom stereocenters. The summed E-state index contributed by atoms with van der Waals surface area (Å²) in [6.07, 6.45) is 12.0. The second-order valence-electron chi connectivity index (χ2n) is 4.36. The molecule has 2 heteroatoms. The number of hydrogen-bond donors (Lipinski definition) is 1. The van der Waals surface area contributed by atoms with Crippen molar-refractivity contribution in [1.29, 1.82) is 0 Å². The predicted octanol–water partition coefficient (Wildman–Crippen LogP) is 3.24. The number of nitrogens with zero attached hydrogens (tertiary/aromatic N) is 1. The fraction of sp³-hybridized carbons (Fsp3) is 0.750. The minimum absolute atomic E-state index is 1.16. The largest absolute Gasteiger partial charge is 0.282 e. The van der Waals surface area contributed by atoms with Crippen LogP contribution < -0.4 is 0 Å². The number of aryl methyl sites for hydroxylation is 2. The van der Waals surface area contributed by atoms with Crippen molar-refractivity contribution in [3.05, 3.63) is 17.5 Å². The van der Waals surface area contributed by atoms with Crippen LogP contribution in [0.3, 0.4) is 0 Å². The molecule has 0 fully saturated rings. The smallest absolute Gasteiger partial charge is 0.0625 e. The van der Waals surface area contributed by atoms with Gasteiger partial charge in [-0.05, 0) is 31.7 Å². The topological polar surface area (TPSA) is 28.7 Å². The number of aromatic amines is 1. The normalized spacial score (nSPS) is 19.7. The van der Waals surface area contributed by atoms with Gasteiger partial charge in [0.1, 0.15) is 0 Å². The van der Waals surface area contributed by atoms with Crippen molar-refractivity contribution in [2.24, 2.45) is 0 Å². The lowest BCUT2D eigenvalue weighted by Gasteiger charge is -2.02. The van der Waals surface area contributed by atoms with Gasteiger partial charge in [0, 0.05) is 5.69 Å². The van der Waals surface area contributed by atoms with Crippen LogP contribution in [-0.2, 0) is 12.8 Å². The fourth-order valence-corrected chi connectivity index (χ4v) is 2.17. The van der Waals surface area contributed by atoms with Gasteiger partial charge in [0.2, 0.25) is 0 Å². The zero-order chi connectivity index (χ0) is 9.64. The highest BCUT2D eigenvalue weighted by Gasteiger charge is 2.02. The molecule has 0 saturated carbocycles. The standard InChI is InChI=1S/C12H20N2/c1-2-4-6-8-11-10-12(14-13-11)9-7-5-3-1/h10H,1-9H2,(H,13,14). The van der Waals surface area contributed by atoms with Crippen LogP contribution in [0.2, 0.25) is 0 Å². The van der Waals surface area contributed by atoms with Gasteiger partial charge in [0.25, 0.3) is 0 Å².